The molecule has 5 heteroatoms. The molecule has 0 radical (unpaired) electrons. The molecule has 1 heterocycles. The van der Waals surface area contributed by atoms with Crippen LogP contribution in [0.5, 0.6) is 0 Å². The molecule has 1 aromatic rings. The van der Waals surface area contributed by atoms with E-state index in [-0.39, 0.29) is 5.82 Å². The molecule has 0 atom stereocenters. The minimum atomic E-state index is -0.376. The van der Waals surface area contributed by atoms with E-state index in [1.165, 1.54) is 12.1 Å². The summed E-state index contributed by atoms with van der Waals surface area (Å²) in [4.78, 5) is 2.36. The molecule has 0 unspecified atom stereocenters. The molecule has 4 nitrogen and oxygen atoms in total. The fourth-order valence-electron chi connectivity index (χ4n) is 2.05. The Morgan fingerprint density at radius 1 is 1.39 bits per heavy atom. The Morgan fingerprint density at radius 2 is 2.17 bits per heavy atom. The number of benzene rings is 1. The van der Waals surface area contributed by atoms with Crippen LogP contribution in [-0.4, -0.2) is 44.2 Å². The van der Waals surface area contributed by atoms with Crippen molar-refractivity contribution < 1.29 is 4.39 Å². The van der Waals surface area contributed by atoms with Gasteiger partial charge in [0, 0.05) is 39.3 Å². The lowest BCUT2D eigenvalue weighted by Gasteiger charge is -2.27. The topological polar surface area (TPSA) is 51.1 Å². The van der Waals surface area contributed by atoms with Crippen LogP contribution in [0.15, 0.2) is 18.2 Å². The number of nitrogens with zero attached hydrogens (tertiary/aromatic N) is 2. The maximum absolute atomic E-state index is 13.0. The zero-order valence-electron chi connectivity index (χ0n) is 10.2. The molecule has 96 valence electrons. The van der Waals surface area contributed by atoms with Crippen molar-refractivity contribution in [1.82, 2.24) is 10.2 Å². The Balaban J connectivity index is 1.84. The second kappa shape index (κ2) is 6.34. The van der Waals surface area contributed by atoms with E-state index in [1.807, 2.05) is 6.07 Å². The van der Waals surface area contributed by atoms with Crippen LogP contribution in [0.1, 0.15) is 5.56 Å². The second-order valence-corrected chi connectivity index (χ2v) is 4.32. The SMILES string of the molecule is N#Cc1cc(F)ccc1NCCN1CCNCC1. The van der Waals surface area contributed by atoms with Crippen LogP contribution in [0.2, 0.25) is 0 Å². The third-order valence-corrected chi connectivity index (χ3v) is 3.06. The first-order valence-electron chi connectivity index (χ1n) is 6.16. The summed E-state index contributed by atoms with van der Waals surface area (Å²) in [6.45, 7) is 5.86. The smallest absolute Gasteiger partial charge is 0.124 e. The predicted molar refractivity (Wildman–Crippen MR) is 68.9 cm³/mol. The average Bonchev–Trinajstić information content (AvgIpc) is 2.41. The van der Waals surface area contributed by atoms with Crippen molar-refractivity contribution >= 4 is 5.69 Å². The van der Waals surface area contributed by atoms with E-state index < -0.39 is 0 Å². The van der Waals surface area contributed by atoms with Crippen molar-refractivity contribution in [3.8, 4) is 6.07 Å². The fourth-order valence-corrected chi connectivity index (χ4v) is 2.05. The van der Waals surface area contributed by atoms with E-state index in [4.69, 9.17) is 5.26 Å². The molecular formula is C13H17FN4. The highest BCUT2D eigenvalue weighted by atomic mass is 19.1. The Labute approximate surface area is 106 Å². The first-order valence-corrected chi connectivity index (χ1v) is 6.16. The predicted octanol–water partition coefficient (Wildman–Crippen LogP) is 1.01. The van der Waals surface area contributed by atoms with Gasteiger partial charge in [-0.15, -0.1) is 0 Å². The molecular weight excluding hydrogens is 231 g/mol. The van der Waals surface area contributed by atoms with Crippen LogP contribution in [0.3, 0.4) is 0 Å². The molecule has 0 amide bonds. The van der Waals surface area contributed by atoms with E-state index in [0.29, 0.717) is 11.3 Å². The Morgan fingerprint density at radius 3 is 2.89 bits per heavy atom. The standard InChI is InChI=1S/C13H17FN4/c14-12-1-2-13(11(9-12)10-15)17-5-8-18-6-3-16-4-7-18/h1-2,9,16-17H,3-8H2. The number of piperazine rings is 1. The molecule has 0 aliphatic carbocycles. The first kappa shape index (κ1) is 12.8. The van der Waals surface area contributed by atoms with Crippen LogP contribution < -0.4 is 10.6 Å². The van der Waals surface area contributed by atoms with Gasteiger partial charge in [-0.25, -0.2) is 4.39 Å². The molecule has 2 rings (SSSR count). The normalized spacial score (nSPS) is 16.2. The first-order chi connectivity index (χ1) is 8.79. The largest absolute Gasteiger partial charge is 0.383 e. The monoisotopic (exact) mass is 248 g/mol. The minimum Gasteiger partial charge on any atom is -0.383 e. The molecule has 0 bridgehead atoms. The van der Waals surface area contributed by atoms with Gasteiger partial charge in [-0.05, 0) is 18.2 Å². The molecule has 2 N–H and O–H groups in total. The van der Waals surface area contributed by atoms with E-state index >= 15 is 0 Å². The van der Waals surface area contributed by atoms with Crippen molar-refractivity contribution in [1.29, 1.82) is 5.26 Å². The molecule has 0 saturated carbocycles. The molecule has 18 heavy (non-hydrogen) atoms. The minimum absolute atomic E-state index is 0.357. The zero-order chi connectivity index (χ0) is 12.8. The van der Waals surface area contributed by atoms with Gasteiger partial charge in [0.05, 0.1) is 11.3 Å². The van der Waals surface area contributed by atoms with Crippen molar-refractivity contribution in [3.05, 3.63) is 29.6 Å². The van der Waals surface area contributed by atoms with Crippen LogP contribution in [0.4, 0.5) is 10.1 Å². The lowest BCUT2D eigenvalue weighted by atomic mass is 10.2. The van der Waals surface area contributed by atoms with Crippen LogP contribution in [-0.2, 0) is 0 Å². The summed E-state index contributed by atoms with van der Waals surface area (Å²) in [5.74, 6) is -0.376. The van der Waals surface area contributed by atoms with Gasteiger partial charge in [0.15, 0.2) is 0 Å². The number of nitriles is 1. The molecule has 1 saturated heterocycles. The number of anilines is 1. The van der Waals surface area contributed by atoms with E-state index in [2.05, 4.69) is 15.5 Å². The van der Waals surface area contributed by atoms with Crippen molar-refractivity contribution in [3.63, 3.8) is 0 Å². The summed E-state index contributed by atoms with van der Waals surface area (Å²) in [6.07, 6.45) is 0. The summed E-state index contributed by atoms with van der Waals surface area (Å²) in [7, 11) is 0. The van der Waals surface area contributed by atoms with Gasteiger partial charge >= 0.3 is 0 Å². The Bertz CT molecular complexity index is 435. The van der Waals surface area contributed by atoms with Crippen LogP contribution >= 0.6 is 0 Å². The van der Waals surface area contributed by atoms with E-state index in [1.54, 1.807) is 6.07 Å². The van der Waals surface area contributed by atoms with Crippen LogP contribution in [0.25, 0.3) is 0 Å². The van der Waals surface area contributed by atoms with E-state index in [9.17, 15) is 4.39 Å². The van der Waals surface area contributed by atoms with E-state index in [0.717, 1.165) is 39.3 Å². The molecule has 0 spiro atoms. The molecule has 1 fully saturated rings. The number of hydrogen-bond acceptors (Lipinski definition) is 4. The second-order valence-electron chi connectivity index (χ2n) is 4.32. The Kier molecular flexibility index (Phi) is 4.51. The number of rotatable bonds is 4. The fraction of sp³-hybridized carbons (Fsp3) is 0.462. The maximum atomic E-state index is 13.0. The third-order valence-electron chi connectivity index (χ3n) is 3.06. The Hall–Kier alpha value is -1.64. The van der Waals surface area contributed by atoms with Gasteiger partial charge in [-0.2, -0.15) is 5.26 Å². The quantitative estimate of drug-likeness (QED) is 0.835. The number of halogens is 1. The van der Waals surface area contributed by atoms with Gasteiger partial charge in [0.2, 0.25) is 0 Å². The highest BCUT2D eigenvalue weighted by Crippen LogP contribution is 2.15. The molecule has 1 aromatic carbocycles. The van der Waals surface area contributed by atoms with Gasteiger partial charge in [-0.3, -0.25) is 4.90 Å². The summed E-state index contributed by atoms with van der Waals surface area (Å²) >= 11 is 0. The van der Waals surface area contributed by atoms with Gasteiger partial charge in [0.25, 0.3) is 0 Å². The van der Waals surface area contributed by atoms with Crippen molar-refractivity contribution in [2.45, 2.75) is 0 Å². The van der Waals surface area contributed by atoms with Gasteiger partial charge < -0.3 is 10.6 Å². The summed E-state index contributed by atoms with van der Waals surface area (Å²) in [6, 6.07) is 6.24. The zero-order valence-corrected chi connectivity index (χ0v) is 10.2. The molecule has 0 aromatic heterocycles. The van der Waals surface area contributed by atoms with Gasteiger partial charge in [-0.1, -0.05) is 0 Å². The lowest BCUT2D eigenvalue weighted by Crippen LogP contribution is -2.45. The summed E-state index contributed by atoms with van der Waals surface area (Å²) in [5, 5.41) is 15.4. The highest BCUT2D eigenvalue weighted by Gasteiger charge is 2.09. The lowest BCUT2D eigenvalue weighted by molar-refractivity contribution is 0.249. The summed E-state index contributed by atoms with van der Waals surface area (Å²) < 4.78 is 13.0. The maximum Gasteiger partial charge on any atom is 0.124 e. The average molecular weight is 248 g/mol. The number of hydrogen-bond donors (Lipinski definition) is 2. The number of nitrogens with one attached hydrogen (secondary N) is 2. The van der Waals surface area contributed by atoms with Crippen molar-refractivity contribution in [2.24, 2.45) is 0 Å². The molecule has 1 aliphatic heterocycles. The third kappa shape index (κ3) is 3.42. The van der Waals surface area contributed by atoms with Crippen LogP contribution in [0, 0.1) is 17.1 Å². The van der Waals surface area contributed by atoms with Gasteiger partial charge in [0.1, 0.15) is 11.9 Å². The molecule has 1 aliphatic rings. The highest BCUT2D eigenvalue weighted by molar-refractivity contribution is 5.57. The van der Waals surface area contributed by atoms with Crippen molar-refractivity contribution in [2.75, 3.05) is 44.6 Å². The summed E-state index contributed by atoms with van der Waals surface area (Å²) in [5.41, 5.74) is 1.06.